The summed E-state index contributed by atoms with van der Waals surface area (Å²) < 4.78 is 5.32. The number of carbonyl (C=O) groups is 1. The summed E-state index contributed by atoms with van der Waals surface area (Å²) in [6.45, 7) is 4.59. The van der Waals surface area contributed by atoms with Crippen LogP contribution in [-0.4, -0.2) is 30.8 Å². The maximum Gasteiger partial charge on any atom is 0.237 e. The fraction of sp³-hybridized carbons (Fsp3) is 0.462. The molecule has 0 aliphatic carbocycles. The van der Waals surface area contributed by atoms with E-state index in [1.54, 1.807) is 19.1 Å². The van der Waals surface area contributed by atoms with Crippen molar-refractivity contribution in [2.75, 3.05) is 20.0 Å². The van der Waals surface area contributed by atoms with Gasteiger partial charge >= 0.3 is 0 Å². The second-order valence-electron chi connectivity index (χ2n) is 4.13. The molecule has 0 aliphatic heterocycles. The number of ether oxygens (including phenoxy) is 1. The van der Waals surface area contributed by atoms with E-state index in [0.29, 0.717) is 6.54 Å². The molecule has 1 amide bonds. The van der Waals surface area contributed by atoms with Crippen molar-refractivity contribution in [2.45, 2.75) is 20.4 Å². The molecule has 0 heterocycles. The Kier molecular flexibility index (Phi) is 4.82. The highest BCUT2D eigenvalue weighted by molar-refractivity contribution is 6.27. The van der Waals surface area contributed by atoms with Gasteiger partial charge in [0.15, 0.2) is 0 Å². The Morgan fingerprint density at radius 2 is 1.94 bits per heavy atom. The number of nitrogens with zero attached hydrogens (tertiary/aromatic N) is 1. The fourth-order valence-corrected chi connectivity index (χ4v) is 1.81. The number of alkyl halides is 1. The van der Waals surface area contributed by atoms with Gasteiger partial charge in [-0.05, 0) is 31.0 Å². The standard InChI is InChI=1S/C13H18ClNO2/c1-9-5-11(8-15(3)13(16)7-14)12(17-4)6-10(9)2/h5-6H,7-8H2,1-4H3. The summed E-state index contributed by atoms with van der Waals surface area (Å²) in [7, 11) is 3.37. The maximum atomic E-state index is 11.4. The van der Waals surface area contributed by atoms with Gasteiger partial charge in [0.25, 0.3) is 0 Å². The zero-order valence-corrected chi connectivity index (χ0v) is 11.5. The van der Waals surface area contributed by atoms with Crippen LogP contribution in [0.2, 0.25) is 0 Å². The highest BCUT2D eigenvalue weighted by Crippen LogP contribution is 2.24. The first-order valence-corrected chi connectivity index (χ1v) is 5.97. The van der Waals surface area contributed by atoms with Crippen molar-refractivity contribution >= 4 is 17.5 Å². The van der Waals surface area contributed by atoms with Crippen LogP contribution in [0.25, 0.3) is 0 Å². The van der Waals surface area contributed by atoms with E-state index in [9.17, 15) is 4.79 Å². The second kappa shape index (κ2) is 5.92. The quantitative estimate of drug-likeness (QED) is 0.774. The van der Waals surface area contributed by atoms with Gasteiger partial charge in [-0.1, -0.05) is 6.07 Å². The molecule has 0 fully saturated rings. The lowest BCUT2D eigenvalue weighted by molar-refractivity contribution is -0.127. The van der Waals surface area contributed by atoms with Gasteiger partial charge in [0.2, 0.25) is 5.91 Å². The van der Waals surface area contributed by atoms with Crippen LogP contribution in [0.5, 0.6) is 5.75 Å². The summed E-state index contributed by atoms with van der Waals surface area (Å²) in [5.41, 5.74) is 3.36. The van der Waals surface area contributed by atoms with E-state index >= 15 is 0 Å². The van der Waals surface area contributed by atoms with Gasteiger partial charge in [-0.3, -0.25) is 4.79 Å². The second-order valence-corrected chi connectivity index (χ2v) is 4.40. The van der Waals surface area contributed by atoms with Crippen molar-refractivity contribution < 1.29 is 9.53 Å². The Morgan fingerprint density at radius 1 is 1.35 bits per heavy atom. The summed E-state index contributed by atoms with van der Waals surface area (Å²) in [6, 6.07) is 4.04. The van der Waals surface area contributed by atoms with Crippen LogP contribution in [0.1, 0.15) is 16.7 Å². The van der Waals surface area contributed by atoms with Gasteiger partial charge < -0.3 is 9.64 Å². The molecule has 0 aromatic heterocycles. The number of benzene rings is 1. The van der Waals surface area contributed by atoms with Gasteiger partial charge in [0, 0.05) is 19.2 Å². The van der Waals surface area contributed by atoms with E-state index in [4.69, 9.17) is 16.3 Å². The van der Waals surface area contributed by atoms with Gasteiger partial charge in [0.05, 0.1) is 7.11 Å². The SMILES string of the molecule is COc1cc(C)c(C)cc1CN(C)C(=O)CCl. The highest BCUT2D eigenvalue weighted by atomic mass is 35.5. The van der Waals surface area contributed by atoms with Gasteiger partial charge in [-0.25, -0.2) is 0 Å². The van der Waals surface area contributed by atoms with Crippen LogP contribution >= 0.6 is 11.6 Å². The van der Waals surface area contributed by atoms with E-state index in [-0.39, 0.29) is 11.8 Å². The Balaban J connectivity index is 2.97. The first-order chi connectivity index (χ1) is 7.99. The predicted octanol–water partition coefficient (Wildman–Crippen LogP) is 2.51. The molecule has 0 spiro atoms. The van der Waals surface area contributed by atoms with E-state index in [1.165, 1.54) is 11.1 Å². The lowest BCUT2D eigenvalue weighted by Gasteiger charge is -2.19. The minimum atomic E-state index is -0.0908. The van der Waals surface area contributed by atoms with Crippen LogP contribution in [0.3, 0.4) is 0 Å². The zero-order chi connectivity index (χ0) is 13.0. The van der Waals surface area contributed by atoms with Crippen molar-refractivity contribution in [3.05, 3.63) is 28.8 Å². The lowest BCUT2D eigenvalue weighted by Crippen LogP contribution is -2.27. The van der Waals surface area contributed by atoms with Crippen LogP contribution in [-0.2, 0) is 11.3 Å². The van der Waals surface area contributed by atoms with Gasteiger partial charge in [-0.2, -0.15) is 0 Å². The summed E-state index contributed by atoms with van der Waals surface area (Å²) in [5.74, 6) is 0.721. The molecule has 0 atom stereocenters. The normalized spacial score (nSPS) is 10.2. The molecule has 17 heavy (non-hydrogen) atoms. The summed E-state index contributed by atoms with van der Waals surface area (Å²) in [6.07, 6.45) is 0. The minimum Gasteiger partial charge on any atom is -0.496 e. The number of amides is 1. The van der Waals surface area contributed by atoms with Gasteiger partial charge in [0.1, 0.15) is 11.6 Å². The molecule has 0 aliphatic rings. The molecule has 0 radical (unpaired) electrons. The summed E-state index contributed by atoms with van der Waals surface area (Å²) in [5, 5.41) is 0. The number of halogens is 1. The maximum absolute atomic E-state index is 11.4. The number of hydrogen-bond acceptors (Lipinski definition) is 2. The Hall–Kier alpha value is -1.22. The molecule has 94 valence electrons. The van der Waals surface area contributed by atoms with Crippen LogP contribution in [0.4, 0.5) is 0 Å². The third-order valence-electron chi connectivity index (χ3n) is 2.84. The number of hydrogen-bond donors (Lipinski definition) is 0. The number of methoxy groups -OCH3 is 1. The largest absolute Gasteiger partial charge is 0.496 e. The predicted molar refractivity (Wildman–Crippen MR) is 69.7 cm³/mol. The third kappa shape index (κ3) is 3.37. The molecule has 0 unspecified atom stereocenters. The number of carbonyl (C=O) groups excluding carboxylic acids is 1. The lowest BCUT2D eigenvalue weighted by atomic mass is 10.0. The molecule has 0 N–H and O–H groups in total. The molecule has 3 nitrogen and oxygen atoms in total. The molecule has 0 saturated heterocycles. The number of rotatable bonds is 4. The molecular formula is C13H18ClNO2. The van der Waals surface area contributed by atoms with E-state index in [2.05, 4.69) is 0 Å². The van der Waals surface area contributed by atoms with Crippen molar-refractivity contribution in [2.24, 2.45) is 0 Å². The molecule has 0 saturated carbocycles. The van der Waals surface area contributed by atoms with E-state index < -0.39 is 0 Å². The van der Waals surface area contributed by atoms with Crippen LogP contribution in [0.15, 0.2) is 12.1 Å². The van der Waals surface area contributed by atoms with Crippen LogP contribution < -0.4 is 4.74 Å². The summed E-state index contributed by atoms with van der Waals surface area (Å²) >= 11 is 5.52. The molecular weight excluding hydrogens is 238 g/mol. The van der Waals surface area contributed by atoms with E-state index in [1.807, 2.05) is 26.0 Å². The smallest absolute Gasteiger partial charge is 0.237 e. The van der Waals surface area contributed by atoms with Crippen molar-refractivity contribution in [1.29, 1.82) is 0 Å². The third-order valence-corrected chi connectivity index (χ3v) is 3.07. The van der Waals surface area contributed by atoms with Crippen molar-refractivity contribution in [1.82, 2.24) is 4.90 Å². The first-order valence-electron chi connectivity index (χ1n) is 5.43. The van der Waals surface area contributed by atoms with Crippen molar-refractivity contribution in [3.8, 4) is 5.75 Å². The van der Waals surface area contributed by atoms with E-state index in [0.717, 1.165) is 11.3 Å². The van der Waals surface area contributed by atoms with Crippen molar-refractivity contribution in [3.63, 3.8) is 0 Å². The number of aryl methyl sites for hydroxylation is 2. The monoisotopic (exact) mass is 255 g/mol. The molecule has 1 rings (SSSR count). The van der Waals surface area contributed by atoms with Gasteiger partial charge in [-0.15, -0.1) is 11.6 Å². The highest BCUT2D eigenvalue weighted by Gasteiger charge is 2.12. The minimum absolute atomic E-state index is 0.00363. The topological polar surface area (TPSA) is 29.5 Å². The Bertz CT molecular complexity index is 418. The molecule has 0 bridgehead atoms. The molecule has 4 heteroatoms. The average Bonchev–Trinajstić information content (AvgIpc) is 2.32. The Labute approximate surface area is 107 Å². The molecule has 1 aromatic rings. The summed E-state index contributed by atoms with van der Waals surface area (Å²) in [4.78, 5) is 13.0. The average molecular weight is 256 g/mol. The fourth-order valence-electron chi connectivity index (χ4n) is 1.61. The first kappa shape index (κ1) is 13.8. The Morgan fingerprint density at radius 3 is 2.47 bits per heavy atom. The van der Waals surface area contributed by atoms with Crippen LogP contribution in [0, 0.1) is 13.8 Å². The zero-order valence-electron chi connectivity index (χ0n) is 10.7. The molecule has 1 aromatic carbocycles.